The van der Waals surface area contributed by atoms with Crippen LogP contribution in [0.15, 0.2) is 29.0 Å². The molecule has 1 amide bonds. The Balaban J connectivity index is 2.04. The van der Waals surface area contributed by atoms with E-state index in [-0.39, 0.29) is 5.91 Å². The normalized spacial score (nSPS) is 10.3. The first-order chi connectivity index (χ1) is 8.69. The Morgan fingerprint density at radius 3 is 3.00 bits per heavy atom. The summed E-state index contributed by atoms with van der Waals surface area (Å²) in [6, 6.07) is 5.27. The van der Waals surface area contributed by atoms with Crippen LogP contribution < -0.4 is 5.32 Å². The predicted molar refractivity (Wildman–Crippen MR) is 72.5 cm³/mol. The lowest BCUT2D eigenvalue weighted by atomic mass is 10.2. The van der Waals surface area contributed by atoms with Crippen molar-refractivity contribution in [1.82, 2.24) is 15.2 Å². The molecular formula is C12H13BrN4O. The van der Waals surface area contributed by atoms with Gasteiger partial charge in [0.2, 0.25) is 0 Å². The van der Waals surface area contributed by atoms with Gasteiger partial charge in [-0.25, -0.2) is 4.98 Å². The van der Waals surface area contributed by atoms with Gasteiger partial charge < -0.3 is 5.32 Å². The fourth-order valence-electron chi connectivity index (χ4n) is 1.52. The van der Waals surface area contributed by atoms with Crippen molar-refractivity contribution in [3.05, 3.63) is 40.3 Å². The topological polar surface area (TPSA) is 70.7 Å². The van der Waals surface area contributed by atoms with Gasteiger partial charge in [0.05, 0.1) is 5.56 Å². The standard InChI is InChI=1S/C12H13BrN4O/c1-2-3-9-6-11(17-16-9)15-12(18)8-4-5-10(13)14-7-8/h4-7H,2-3H2,1H3,(H2,15,16,17,18). The summed E-state index contributed by atoms with van der Waals surface area (Å²) in [5, 5.41) is 9.64. The number of hydrogen-bond donors (Lipinski definition) is 2. The lowest BCUT2D eigenvalue weighted by molar-refractivity contribution is 0.102. The summed E-state index contributed by atoms with van der Waals surface area (Å²) in [6.45, 7) is 2.09. The van der Waals surface area contributed by atoms with E-state index in [1.54, 1.807) is 12.1 Å². The number of rotatable bonds is 4. The van der Waals surface area contributed by atoms with Gasteiger partial charge in [0.1, 0.15) is 4.60 Å². The summed E-state index contributed by atoms with van der Waals surface area (Å²) in [6.07, 6.45) is 3.47. The highest BCUT2D eigenvalue weighted by molar-refractivity contribution is 9.10. The van der Waals surface area contributed by atoms with Gasteiger partial charge in [-0.2, -0.15) is 5.10 Å². The van der Waals surface area contributed by atoms with E-state index in [0.29, 0.717) is 16.0 Å². The monoisotopic (exact) mass is 308 g/mol. The third kappa shape index (κ3) is 3.16. The van der Waals surface area contributed by atoms with Crippen LogP contribution in [0.5, 0.6) is 0 Å². The van der Waals surface area contributed by atoms with Crippen molar-refractivity contribution >= 4 is 27.7 Å². The SMILES string of the molecule is CCCc1cc(NC(=O)c2ccc(Br)nc2)n[nH]1. The van der Waals surface area contributed by atoms with Crippen molar-refractivity contribution in [2.75, 3.05) is 5.32 Å². The van der Waals surface area contributed by atoms with Crippen molar-refractivity contribution in [3.8, 4) is 0 Å². The number of aromatic nitrogens is 3. The van der Waals surface area contributed by atoms with Crippen LogP contribution in [0.3, 0.4) is 0 Å². The molecule has 0 aromatic carbocycles. The van der Waals surface area contributed by atoms with Crippen molar-refractivity contribution in [3.63, 3.8) is 0 Å². The maximum Gasteiger partial charge on any atom is 0.258 e. The number of nitrogens with one attached hydrogen (secondary N) is 2. The number of carbonyl (C=O) groups is 1. The first-order valence-corrected chi connectivity index (χ1v) is 6.45. The van der Waals surface area contributed by atoms with Crippen LogP contribution in [0.25, 0.3) is 0 Å². The molecule has 94 valence electrons. The van der Waals surface area contributed by atoms with Gasteiger partial charge in [-0.1, -0.05) is 13.3 Å². The van der Waals surface area contributed by atoms with Crippen LogP contribution in [-0.2, 0) is 6.42 Å². The lowest BCUT2D eigenvalue weighted by Gasteiger charge is -2.00. The molecule has 0 bridgehead atoms. The number of H-pyrrole nitrogens is 1. The molecular weight excluding hydrogens is 296 g/mol. The first-order valence-electron chi connectivity index (χ1n) is 5.66. The quantitative estimate of drug-likeness (QED) is 0.853. The highest BCUT2D eigenvalue weighted by atomic mass is 79.9. The summed E-state index contributed by atoms with van der Waals surface area (Å²) in [5.41, 5.74) is 1.51. The Bertz CT molecular complexity index is 535. The first kappa shape index (κ1) is 12.8. The van der Waals surface area contributed by atoms with Gasteiger partial charge in [0.25, 0.3) is 5.91 Å². The molecule has 0 saturated carbocycles. The zero-order chi connectivity index (χ0) is 13.0. The number of pyridine rings is 1. The van der Waals surface area contributed by atoms with E-state index in [4.69, 9.17) is 0 Å². The summed E-state index contributed by atoms with van der Waals surface area (Å²) < 4.78 is 0.698. The molecule has 2 rings (SSSR count). The van der Waals surface area contributed by atoms with Crippen LogP contribution in [0.1, 0.15) is 29.4 Å². The minimum Gasteiger partial charge on any atom is -0.305 e. The summed E-state index contributed by atoms with van der Waals surface area (Å²) in [7, 11) is 0. The number of amides is 1. The van der Waals surface area contributed by atoms with E-state index in [2.05, 4.69) is 43.4 Å². The summed E-state index contributed by atoms with van der Waals surface area (Å²) in [5.74, 6) is 0.316. The van der Waals surface area contributed by atoms with Gasteiger partial charge in [-0.3, -0.25) is 9.89 Å². The van der Waals surface area contributed by atoms with Crippen molar-refractivity contribution < 1.29 is 4.79 Å². The molecule has 0 radical (unpaired) electrons. The molecule has 2 N–H and O–H groups in total. The van der Waals surface area contributed by atoms with Crippen LogP contribution >= 0.6 is 15.9 Å². The number of aryl methyl sites for hydroxylation is 1. The number of anilines is 1. The Morgan fingerprint density at radius 2 is 2.33 bits per heavy atom. The third-order valence-corrected chi connectivity index (χ3v) is 2.85. The molecule has 0 unspecified atom stereocenters. The molecule has 2 aromatic heterocycles. The molecule has 0 atom stereocenters. The van der Waals surface area contributed by atoms with Crippen LogP contribution in [0, 0.1) is 0 Å². The average molecular weight is 309 g/mol. The molecule has 5 nitrogen and oxygen atoms in total. The molecule has 2 aromatic rings. The maximum absolute atomic E-state index is 11.9. The molecule has 0 fully saturated rings. The van der Waals surface area contributed by atoms with Crippen LogP contribution in [0.4, 0.5) is 5.82 Å². The number of nitrogens with zero attached hydrogens (tertiary/aromatic N) is 2. The fourth-order valence-corrected chi connectivity index (χ4v) is 1.76. The fraction of sp³-hybridized carbons (Fsp3) is 0.250. The molecule has 0 aliphatic rings. The van der Waals surface area contributed by atoms with Crippen molar-refractivity contribution in [2.45, 2.75) is 19.8 Å². The van der Waals surface area contributed by atoms with Gasteiger partial charge >= 0.3 is 0 Å². The molecule has 18 heavy (non-hydrogen) atoms. The zero-order valence-corrected chi connectivity index (χ0v) is 11.5. The largest absolute Gasteiger partial charge is 0.305 e. The second kappa shape index (κ2) is 5.77. The van der Waals surface area contributed by atoms with E-state index in [0.717, 1.165) is 18.5 Å². The Hall–Kier alpha value is -1.69. The second-order valence-corrected chi connectivity index (χ2v) is 4.66. The minimum atomic E-state index is -0.218. The lowest BCUT2D eigenvalue weighted by Crippen LogP contribution is -2.12. The van der Waals surface area contributed by atoms with Crippen molar-refractivity contribution in [1.29, 1.82) is 0 Å². The number of aromatic amines is 1. The molecule has 0 aliphatic carbocycles. The van der Waals surface area contributed by atoms with Crippen molar-refractivity contribution in [2.24, 2.45) is 0 Å². The van der Waals surface area contributed by atoms with Gasteiger partial charge in [-0.15, -0.1) is 0 Å². The Kier molecular flexibility index (Phi) is 4.09. The van der Waals surface area contributed by atoms with E-state index < -0.39 is 0 Å². The maximum atomic E-state index is 11.9. The number of halogens is 1. The number of carbonyl (C=O) groups excluding carboxylic acids is 1. The predicted octanol–water partition coefficient (Wildman–Crippen LogP) is 2.77. The van der Waals surface area contributed by atoms with E-state index in [1.807, 2.05) is 6.07 Å². The van der Waals surface area contributed by atoms with Gasteiger partial charge in [0, 0.05) is 18.0 Å². The zero-order valence-electron chi connectivity index (χ0n) is 9.90. The number of hydrogen-bond acceptors (Lipinski definition) is 3. The minimum absolute atomic E-state index is 0.218. The highest BCUT2D eigenvalue weighted by Gasteiger charge is 2.08. The van der Waals surface area contributed by atoms with Crippen LogP contribution in [0.2, 0.25) is 0 Å². The Labute approximate surface area is 113 Å². The molecule has 0 spiro atoms. The molecule has 0 aliphatic heterocycles. The van der Waals surface area contributed by atoms with E-state index in [1.165, 1.54) is 6.20 Å². The summed E-state index contributed by atoms with van der Waals surface area (Å²) >= 11 is 3.22. The molecule has 6 heteroatoms. The Morgan fingerprint density at radius 1 is 1.50 bits per heavy atom. The summed E-state index contributed by atoms with van der Waals surface area (Å²) in [4.78, 5) is 15.9. The smallest absolute Gasteiger partial charge is 0.258 e. The second-order valence-electron chi connectivity index (χ2n) is 3.85. The molecule has 2 heterocycles. The van der Waals surface area contributed by atoms with E-state index in [9.17, 15) is 4.79 Å². The van der Waals surface area contributed by atoms with Crippen LogP contribution in [-0.4, -0.2) is 21.1 Å². The molecule has 0 saturated heterocycles. The third-order valence-electron chi connectivity index (χ3n) is 2.38. The van der Waals surface area contributed by atoms with Gasteiger partial charge in [-0.05, 0) is 34.5 Å². The van der Waals surface area contributed by atoms with Gasteiger partial charge in [0.15, 0.2) is 5.82 Å². The highest BCUT2D eigenvalue weighted by Crippen LogP contribution is 2.11. The average Bonchev–Trinajstić information content (AvgIpc) is 2.78. The van der Waals surface area contributed by atoms with E-state index >= 15 is 0 Å².